The monoisotopic (exact) mass is 431 g/mol. The van der Waals surface area contributed by atoms with Crippen LogP contribution in [0.3, 0.4) is 0 Å². The van der Waals surface area contributed by atoms with Gasteiger partial charge >= 0.3 is 0 Å². The summed E-state index contributed by atoms with van der Waals surface area (Å²) < 4.78 is 0. The minimum absolute atomic E-state index is 0.0423. The summed E-state index contributed by atoms with van der Waals surface area (Å²) in [6, 6.07) is 0. The Bertz CT molecular complexity index is 635. The van der Waals surface area contributed by atoms with Gasteiger partial charge in [0.2, 0.25) is 5.91 Å². The van der Waals surface area contributed by atoms with E-state index < -0.39 is 0 Å². The molecule has 0 aromatic rings. The summed E-state index contributed by atoms with van der Waals surface area (Å²) in [5.74, 6) is 5.14. The van der Waals surface area contributed by atoms with Crippen molar-refractivity contribution in [2.24, 2.45) is 46.3 Å². The van der Waals surface area contributed by atoms with Gasteiger partial charge in [-0.1, -0.05) is 34.1 Å². The van der Waals surface area contributed by atoms with Crippen LogP contribution in [0.2, 0.25) is 0 Å². The molecule has 4 saturated carbocycles. The third-order valence-electron chi connectivity index (χ3n) is 11.1. The Morgan fingerprint density at radius 1 is 1.03 bits per heavy atom. The Morgan fingerprint density at radius 3 is 2.55 bits per heavy atom. The van der Waals surface area contributed by atoms with E-state index in [4.69, 9.17) is 0 Å². The minimum atomic E-state index is -0.0423. The Labute approximate surface area is 191 Å². The highest BCUT2D eigenvalue weighted by Crippen LogP contribution is 2.68. The molecule has 0 unspecified atom stereocenters. The molecule has 0 heterocycles. The molecule has 0 radical (unpaired) electrons. The summed E-state index contributed by atoms with van der Waals surface area (Å²) in [6.45, 7) is 10.7. The maximum Gasteiger partial charge on any atom is 0.220 e. The normalized spacial score (nSPS) is 45.3. The second-order valence-corrected chi connectivity index (χ2v) is 12.5. The standard InChI is InChI=1S/C28H49NO2/c1-5-6-17-29-26(31)12-7-19(2)23-10-11-24-22-9-8-20-18-21(30)13-15-27(20,3)25(22)14-16-28(23,24)4/h19-25,30H,5-18H2,1-4H3,(H,29,31)/t19-,20-,21-,22+,23-,24+,25+,27+,28-/m1/s1. The SMILES string of the molecule is CCCCNC(=O)CC[C@@H](C)[C@H]1CC[C@H]2[C@@H]3CC[C@@H]4C[C@H](O)CC[C@]4(C)[C@H]3CC[C@]12C. The molecule has 3 nitrogen and oxygen atoms in total. The molecule has 0 aromatic carbocycles. The van der Waals surface area contributed by atoms with Gasteiger partial charge in [-0.25, -0.2) is 0 Å². The lowest BCUT2D eigenvalue weighted by Crippen LogP contribution is -2.54. The first-order valence-corrected chi connectivity index (χ1v) is 13.7. The van der Waals surface area contributed by atoms with Crippen molar-refractivity contribution >= 4 is 5.91 Å². The Morgan fingerprint density at radius 2 is 1.77 bits per heavy atom. The third kappa shape index (κ3) is 4.34. The molecular formula is C28H49NO2. The number of fused-ring (bicyclic) bond motifs is 5. The number of aliphatic hydroxyl groups is 1. The van der Waals surface area contributed by atoms with Crippen molar-refractivity contribution in [3.05, 3.63) is 0 Å². The lowest BCUT2D eigenvalue weighted by Gasteiger charge is -2.61. The van der Waals surface area contributed by atoms with E-state index in [0.717, 1.165) is 68.2 Å². The van der Waals surface area contributed by atoms with Gasteiger partial charge in [0.25, 0.3) is 0 Å². The zero-order valence-electron chi connectivity index (χ0n) is 20.8. The van der Waals surface area contributed by atoms with Crippen LogP contribution in [0.15, 0.2) is 0 Å². The van der Waals surface area contributed by atoms with Crippen molar-refractivity contribution in [1.29, 1.82) is 0 Å². The number of hydrogen-bond donors (Lipinski definition) is 2. The summed E-state index contributed by atoms with van der Waals surface area (Å²) >= 11 is 0. The topological polar surface area (TPSA) is 49.3 Å². The van der Waals surface area contributed by atoms with Gasteiger partial charge in [0.05, 0.1) is 6.10 Å². The molecule has 4 aliphatic carbocycles. The molecule has 4 rings (SSSR count). The van der Waals surface area contributed by atoms with E-state index >= 15 is 0 Å². The Kier molecular flexibility index (Phi) is 7.12. The Hall–Kier alpha value is -0.570. The van der Waals surface area contributed by atoms with Crippen LogP contribution in [0.25, 0.3) is 0 Å². The first-order chi connectivity index (χ1) is 14.8. The van der Waals surface area contributed by atoms with Crippen LogP contribution in [0, 0.1) is 46.3 Å². The maximum absolute atomic E-state index is 12.3. The van der Waals surface area contributed by atoms with Crippen molar-refractivity contribution in [3.8, 4) is 0 Å². The average molecular weight is 432 g/mol. The number of aliphatic hydroxyl groups excluding tert-OH is 1. The van der Waals surface area contributed by atoms with Crippen LogP contribution in [-0.2, 0) is 4.79 Å². The van der Waals surface area contributed by atoms with Crippen LogP contribution in [0.4, 0.5) is 0 Å². The van der Waals surface area contributed by atoms with Crippen molar-refractivity contribution in [3.63, 3.8) is 0 Å². The van der Waals surface area contributed by atoms with Gasteiger partial charge in [-0.15, -0.1) is 0 Å². The number of unbranched alkanes of at least 4 members (excludes halogenated alkanes) is 1. The first kappa shape index (κ1) is 23.6. The van der Waals surface area contributed by atoms with E-state index in [9.17, 15) is 9.90 Å². The quantitative estimate of drug-likeness (QED) is 0.462. The number of carbonyl (C=O) groups is 1. The summed E-state index contributed by atoms with van der Waals surface area (Å²) in [5.41, 5.74) is 0.959. The number of amides is 1. The summed E-state index contributed by atoms with van der Waals surface area (Å²) in [7, 11) is 0. The molecule has 2 N–H and O–H groups in total. The smallest absolute Gasteiger partial charge is 0.220 e. The van der Waals surface area contributed by atoms with Crippen molar-refractivity contribution in [1.82, 2.24) is 5.32 Å². The van der Waals surface area contributed by atoms with E-state index in [1.807, 2.05) is 0 Å². The van der Waals surface area contributed by atoms with Gasteiger partial charge in [0.1, 0.15) is 0 Å². The highest BCUT2D eigenvalue weighted by molar-refractivity contribution is 5.75. The highest BCUT2D eigenvalue weighted by Gasteiger charge is 2.60. The fourth-order valence-corrected chi connectivity index (χ4v) is 9.26. The van der Waals surface area contributed by atoms with Crippen LogP contribution in [0.1, 0.15) is 111 Å². The zero-order valence-corrected chi connectivity index (χ0v) is 20.8. The molecule has 0 bridgehead atoms. The van der Waals surface area contributed by atoms with Crippen LogP contribution in [0.5, 0.6) is 0 Å². The molecule has 3 heteroatoms. The van der Waals surface area contributed by atoms with Gasteiger partial charge < -0.3 is 10.4 Å². The van der Waals surface area contributed by atoms with E-state index in [1.54, 1.807) is 0 Å². The maximum atomic E-state index is 12.3. The predicted octanol–water partition coefficient (Wildman–Crippen LogP) is 6.34. The molecule has 1 amide bonds. The number of nitrogens with one attached hydrogen (secondary N) is 1. The molecule has 0 saturated heterocycles. The number of carbonyl (C=O) groups excluding carboxylic acids is 1. The Balaban J connectivity index is 1.38. The van der Waals surface area contributed by atoms with Crippen LogP contribution < -0.4 is 5.32 Å². The molecule has 9 atom stereocenters. The van der Waals surface area contributed by atoms with E-state index in [1.165, 1.54) is 44.9 Å². The second kappa shape index (κ2) is 9.35. The van der Waals surface area contributed by atoms with Crippen LogP contribution in [-0.4, -0.2) is 23.7 Å². The number of rotatable bonds is 7. The molecule has 0 aliphatic heterocycles. The van der Waals surface area contributed by atoms with Crippen LogP contribution >= 0.6 is 0 Å². The molecule has 4 fully saturated rings. The third-order valence-corrected chi connectivity index (χ3v) is 11.1. The number of hydrogen-bond acceptors (Lipinski definition) is 2. The van der Waals surface area contributed by atoms with E-state index in [2.05, 4.69) is 33.0 Å². The summed E-state index contributed by atoms with van der Waals surface area (Å²) in [6.07, 6.45) is 15.6. The largest absolute Gasteiger partial charge is 0.393 e. The molecular weight excluding hydrogens is 382 g/mol. The predicted molar refractivity (Wildman–Crippen MR) is 128 cm³/mol. The summed E-state index contributed by atoms with van der Waals surface area (Å²) in [4.78, 5) is 12.3. The van der Waals surface area contributed by atoms with Gasteiger partial charge in [0.15, 0.2) is 0 Å². The fourth-order valence-electron chi connectivity index (χ4n) is 9.26. The van der Waals surface area contributed by atoms with E-state index in [-0.39, 0.29) is 12.0 Å². The molecule has 0 spiro atoms. The van der Waals surface area contributed by atoms with Gasteiger partial charge in [-0.3, -0.25) is 4.79 Å². The molecule has 31 heavy (non-hydrogen) atoms. The molecule has 178 valence electrons. The van der Waals surface area contributed by atoms with Gasteiger partial charge in [-0.2, -0.15) is 0 Å². The van der Waals surface area contributed by atoms with Gasteiger partial charge in [0, 0.05) is 13.0 Å². The van der Waals surface area contributed by atoms with E-state index in [0.29, 0.717) is 23.2 Å². The average Bonchev–Trinajstić information content (AvgIpc) is 3.10. The highest BCUT2D eigenvalue weighted by atomic mass is 16.3. The van der Waals surface area contributed by atoms with Gasteiger partial charge in [-0.05, 0) is 117 Å². The van der Waals surface area contributed by atoms with Crippen molar-refractivity contribution in [2.75, 3.05) is 6.54 Å². The lowest BCUT2D eigenvalue weighted by molar-refractivity contribution is -0.129. The second-order valence-electron chi connectivity index (χ2n) is 12.5. The minimum Gasteiger partial charge on any atom is -0.393 e. The molecule has 4 aliphatic rings. The van der Waals surface area contributed by atoms with Crippen molar-refractivity contribution < 1.29 is 9.90 Å². The molecule has 0 aromatic heterocycles. The first-order valence-electron chi connectivity index (χ1n) is 13.7. The lowest BCUT2D eigenvalue weighted by atomic mass is 9.44. The van der Waals surface area contributed by atoms with Crippen molar-refractivity contribution in [2.45, 2.75) is 117 Å². The fraction of sp³-hybridized carbons (Fsp3) is 0.964. The zero-order chi connectivity index (χ0) is 22.2. The summed E-state index contributed by atoms with van der Waals surface area (Å²) in [5, 5.41) is 13.4.